The number of rotatable bonds is 3. The van der Waals surface area contributed by atoms with Crippen LogP contribution in [0.4, 0.5) is 0 Å². The minimum Gasteiger partial charge on any atom is -0.320 e. The molecular weight excluding hydrogens is 236 g/mol. The van der Waals surface area contributed by atoms with Crippen molar-refractivity contribution in [3.05, 3.63) is 16.9 Å². The smallest absolute Gasteiger partial charge is 0.256 e. The van der Waals surface area contributed by atoms with Gasteiger partial charge >= 0.3 is 0 Å². The molecule has 1 atom stereocenters. The zero-order chi connectivity index (χ0) is 9.84. The van der Waals surface area contributed by atoms with E-state index < -0.39 is 6.04 Å². The van der Waals surface area contributed by atoms with E-state index in [1.807, 2.05) is 6.92 Å². The first-order valence-corrected chi connectivity index (χ1v) is 4.69. The molecule has 3 N–H and O–H groups in total. The maximum atomic E-state index is 11.2. The number of nitrogens with one attached hydrogen (secondary N) is 1. The summed E-state index contributed by atoms with van der Waals surface area (Å²) in [6, 6.07) is -0.483. The maximum absolute atomic E-state index is 11.2. The molecule has 72 valence electrons. The first kappa shape index (κ1) is 10.2. The van der Waals surface area contributed by atoms with Gasteiger partial charge in [0.15, 0.2) is 0 Å². The molecular formula is C7H11BrN4O. The van der Waals surface area contributed by atoms with Gasteiger partial charge in [-0.25, -0.2) is 5.43 Å². The van der Waals surface area contributed by atoms with E-state index in [1.54, 1.807) is 12.4 Å². The van der Waals surface area contributed by atoms with Gasteiger partial charge in [-0.3, -0.25) is 4.79 Å². The summed E-state index contributed by atoms with van der Waals surface area (Å²) in [7, 11) is 0. The summed E-state index contributed by atoms with van der Waals surface area (Å²) in [6.07, 6.45) is 3.83. The number of nitrogens with two attached hydrogens (primary N) is 1. The van der Waals surface area contributed by atoms with E-state index in [2.05, 4.69) is 26.5 Å². The Bertz CT molecular complexity index is 298. The summed E-state index contributed by atoms with van der Waals surface area (Å²) in [5, 5.41) is 3.85. The summed E-state index contributed by atoms with van der Waals surface area (Å²) in [4.78, 5) is 12.6. The molecule has 0 aliphatic carbocycles. The molecule has 1 aromatic rings. The average Bonchev–Trinajstić information content (AvgIpc) is 2.49. The van der Waals surface area contributed by atoms with Gasteiger partial charge in [0.05, 0.1) is 22.9 Å². The number of hydrogen-bond donors (Lipinski definition) is 2. The fourth-order valence-corrected chi connectivity index (χ4v) is 1.03. The molecule has 0 radical (unpaired) electrons. The van der Waals surface area contributed by atoms with Gasteiger partial charge in [-0.2, -0.15) is 9.89 Å². The van der Waals surface area contributed by atoms with E-state index in [9.17, 15) is 4.79 Å². The Morgan fingerprint density at radius 1 is 1.92 bits per heavy atom. The number of carbonyl (C=O) groups excluding carboxylic acids is 1. The molecule has 0 spiro atoms. The summed E-state index contributed by atoms with van der Waals surface area (Å²) < 4.78 is 0.804. The van der Waals surface area contributed by atoms with Crippen molar-refractivity contribution in [1.29, 1.82) is 0 Å². The Morgan fingerprint density at radius 2 is 2.62 bits per heavy atom. The Labute approximate surface area is 84.4 Å². The van der Waals surface area contributed by atoms with Crippen LogP contribution in [0.1, 0.15) is 13.3 Å². The van der Waals surface area contributed by atoms with Crippen molar-refractivity contribution < 1.29 is 4.79 Å². The van der Waals surface area contributed by atoms with Crippen LogP contribution in [0.2, 0.25) is 0 Å². The van der Waals surface area contributed by atoms with Gasteiger partial charge in [0.2, 0.25) is 0 Å². The minimum absolute atomic E-state index is 0.238. The zero-order valence-corrected chi connectivity index (χ0v) is 8.78. The standard InChI is InChI=1S/C7H11BrN4O/c1-2-6(9)7(13)11-12-4-5(8)3-10-12/h3-4,6H,2,9H2,1H3,(H,11,13). The summed E-state index contributed by atoms with van der Waals surface area (Å²) in [5.41, 5.74) is 8.03. The topological polar surface area (TPSA) is 72.9 Å². The third-order valence-corrected chi connectivity index (χ3v) is 1.96. The third-order valence-electron chi connectivity index (χ3n) is 1.55. The van der Waals surface area contributed by atoms with Gasteiger partial charge in [-0.15, -0.1) is 0 Å². The fraction of sp³-hybridized carbons (Fsp3) is 0.429. The normalized spacial score (nSPS) is 12.5. The lowest BCUT2D eigenvalue weighted by Gasteiger charge is -2.08. The van der Waals surface area contributed by atoms with Gasteiger partial charge in [-0.05, 0) is 22.4 Å². The van der Waals surface area contributed by atoms with Crippen LogP contribution in [0.15, 0.2) is 16.9 Å². The maximum Gasteiger partial charge on any atom is 0.256 e. The van der Waals surface area contributed by atoms with Crippen molar-refractivity contribution >= 4 is 21.8 Å². The monoisotopic (exact) mass is 246 g/mol. The van der Waals surface area contributed by atoms with Crippen molar-refractivity contribution in [1.82, 2.24) is 9.89 Å². The van der Waals surface area contributed by atoms with Crippen LogP contribution in [-0.2, 0) is 4.79 Å². The average molecular weight is 247 g/mol. The van der Waals surface area contributed by atoms with Crippen LogP contribution in [0, 0.1) is 0 Å². The second kappa shape index (κ2) is 4.38. The second-order valence-corrected chi connectivity index (χ2v) is 3.51. The molecule has 1 amide bonds. The molecule has 5 nitrogen and oxygen atoms in total. The molecule has 1 heterocycles. The minimum atomic E-state index is -0.483. The number of hydrogen-bond acceptors (Lipinski definition) is 3. The highest BCUT2D eigenvalue weighted by Crippen LogP contribution is 2.04. The zero-order valence-electron chi connectivity index (χ0n) is 7.20. The lowest BCUT2D eigenvalue weighted by Crippen LogP contribution is -2.38. The molecule has 0 saturated heterocycles. The molecule has 6 heteroatoms. The predicted octanol–water partition coefficient (Wildman–Crippen LogP) is 0.453. The number of halogens is 1. The Balaban J connectivity index is 2.54. The van der Waals surface area contributed by atoms with Crippen molar-refractivity contribution in [3.63, 3.8) is 0 Å². The van der Waals surface area contributed by atoms with E-state index >= 15 is 0 Å². The van der Waals surface area contributed by atoms with Gasteiger partial charge in [-0.1, -0.05) is 6.92 Å². The first-order valence-electron chi connectivity index (χ1n) is 3.90. The Morgan fingerprint density at radius 3 is 3.08 bits per heavy atom. The number of nitrogens with zero attached hydrogens (tertiary/aromatic N) is 2. The highest BCUT2D eigenvalue weighted by molar-refractivity contribution is 9.10. The van der Waals surface area contributed by atoms with Gasteiger partial charge in [0.25, 0.3) is 5.91 Å². The van der Waals surface area contributed by atoms with Crippen molar-refractivity contribution in [2.75, 3.05) is 5.43 Å². The number of amides is 1. The van der Waals surface area contributed by atoms with Gasteiger partial charge < -0.3 is 5.73 Å². The Hall–Kier alpha value is -0.880. The van der Waals surface area contributed by atoms with Crippen molar-refractivity contribution in [3.8, 4) is 0 Å². The molecule has 0 bridgehead atoms. The van der Waals surface area contributed by atoms with E-state index in [0.29, 0.717) is 6.42 Å². The van der Waals surface area contributed by atoms with E-state index in [0.717, 1.165) is 4.47 Å². The Kier molecular flexibility index (Phi) is 3.44. The summed E-state index contributed by atoms with van der Waals surface area (Å²) >= 11 is 3.21. The van der Waals surface area contributed by atoms with E-state index in [1.165, 1.54) is 4.79 Å². The summed E-state index contributed by atoms with van der Waals surface area (Å²) in [5.74, 6) is -0.238. The highest BCUT2D eigenvalue weighted by atomic mass is 79.9. The van der Waals surface area contributed by atoms with Crippen LogP contribution in [0.5, 0.6) is 0 Å². The number of aromatic nitrogens is 2. The molecule has 0 saturated carbocycles. The molecule has 0 aliphatic heterocycles. The SMILES string of the molecule is CCC(N)C(=O)Nn1cc(Br)cn1. The van der Waals surface area contributed by atoms with Crippen LogP contribution in [0.25, 0.3) is 0 Å². The van der Waals surface area contributed by atoms with Crippen LogP contribution >= 0.6 is 15.9 Å². The predicted molar refractivity (Wildman–Crippen MR) is 52.6 cm³/mol. The largest absolute Gasteiger partial charge is 0.320 e. The number of carbonyl (C=O) groups is 1. The molecule has 13 heavy (non-hydrogen) atoms. The van der Waals surface area contributed by atoms with Crippen molar-refractivity contribution in [2.45, 2.75) is 19.4 Å². The van der Waals surface area contributed by atoms with Crippen LogP contribution in [-0.4, -0.2) is 21.8 Å². The molecule has 1 unspecified atom stereocenters. The van der Waals surface area contributed by atoms with E-state index in [-0.39, 0.29) is 5.91 Å². The molecule has 0 aromatic carbocycles. The first-order chi connectivity index (χ1) is 6.13. The lowest BCUT2D eigenvalue weighted by atomic mass is 10.2. The lowest BCUT2D eigenvalue weighted by molar-refractivity contribution is -0.118. The van der Waals surface area contributed by atoms with E-state index in [4.69, 9.17) is 5.73 Å². The molecule has 0 fully saturated rings. The quantitative estimate of drug-likeness (QED) is 0.814. The molecule has 1 aromatic heterocycles. The second-order valence-electron chi connectivity index (χ2n) is 2.59. The van der Waals surface area contributed by atoms with Gasteiger partial charge in [0.1, 0.15) is 0 Å². The van der Waals surface area contributed by atoms with Crippen molar-refractivity contribution in [2.24, 2.45) is 5.73 Å². The highest BCUT2D eigenvalue weighted by Gasteiger charge is 2.10. The van der Waals surface area contributed by atoms with Crippen LogP contribution < -0.4 is 11.2 Å². The molecule has 1 rings (SSSR count). The summed E-state index contributed by atoms with van der Waals surface area (Å²) in [6.45, 7) is 1.85. The van der Waals surface area contributed by atoms with Crippen LogP contribution in [0.3, 0.4) is 0 Å². The molecule has 0 aliphatic rings. The fourth-order valence-electron chi connectivity index (χ4n) is 0.743. The van der Waals surface area contributed by atoms with Gasteiger partial charge in [0, 0.05) is 0 Å². The third kappa shape index (κ3) is 2.82.